The first kappa shape index (κ1) is 21.2. The molecule has 0 unspecified atom stereocenters. The Morgan fingerprint density at radius 2 is 1.84 bits per heavy atom. The second kappa shape index (κ2) is 9.83. The molecule has 3 aromatic rings. The molecule has 7 heteroatoms. The van der Waals surface area contributed by atoms with Gasteiger partial charge in [-0.25, -0.2) is 8.78 Å². The van der Waals surface area contributed by atoms with E-state index in [0.717, 1.165) is 49.4 Å². The van der Waals surface area contributed by atoms with E-state index in [1.165, 1.54) is 0 Å². The molecule has 1 aliphatic heterocycles. The Kier molecular flexibility index (Phi) is 6.72. The van der Waals surface area contributed by atoms with Crippen molar-refractivity contribution in [2.45, 2.75) is 12.8 Å². The van der Waals surface area contributed by atoms with Crippen molar-refractivity contribution < 1.29 is 13.6 Å². The van der Waals surface area contributed by atoms with Crippen LogP contribution in [0.1, 0.15) is 23.2 Å². The Morgan fingerprint density at radius 3 is 2.68 bits per heavy atom. The topological polar surface area (TPSA) is 48.5 Å². The zero-order chi connectivity index (χ0) is 21.6. The molecule has 31 heavy (non-hydrogen) atoms. The van der Waals surface area contributed by atoms with Crippen LogP contribution in [-0.2, 0) is 0 Å². The van der Waals surface area contributed by atoms with E-state index in [1.807, 2.05) is 29.2 Å². The van der Waals surface area contributed by atoms with Gasteiger partial charge in [0.05, 0.1) is 11.2 Å². The summed E-state index contributed by atoms with van der Waals surface area (Å²) < 4.78 is 27.4. The van der Waals surface area contributed by atoms with E-state index in [2.05, 4.69) is 15.2 Å². The Balaban J connectivity index is 1.16. The van der Waals surface area contributed by atoms with Gasteiger partial charge in [-0.2, -0.15) is 0 Å². The smallest absolute Gasteiger partial charge is 0.251 e. The average molecular weight is 424 g/mol. The average Bonchev–Trinajstić information content (AvgIpc) is 2.80. The van der Waals surface area contributed by atoms with E-state index < -0.39 is 11.6 Å². The van der Waals surface area contributed by atoms with E-state index in [-0.39, 0.29) is 5.91 Å². The van der Waals surface area contributed by atoms with Gasteiger partial charge < -0.3 is 10.2 Å². The number of nitrogens with one attached hydrogen (secondary N) is 1. The fraction of sp³-hybridized carbons (Fsp3) is 0.333. The van der Waals surface area contributed by atoms with Crippen molar-refractivity contribution in [1.29, 1.82) is 0 Å². The number of anilines is 1. The molecular weight excluding hydrogens is 398 g/mol. The molecule has 1 saturated heterocycles. The van der Waals surface area contributed by atoms with Crippen LogP contribution < -0.4 is 10.2 Å². The summed E-state index contributed by atoms with van der Waals surface area (Å²) in [7, 11) is 0. The van der Waals surface area contributed by atoms with E-state index in [4.69, 9.17) is 0 Å². The molecule has 0 aliphatic carbocycles. The van der Waals surface area contributed by atoms with Crippen molar-refractivity contribution in [3.63, 3.8) is 0 Å². The summed E-state index contributed by atoms with van der Waals surface area (Å²) in [6.07, 6.45) is 3.59. The molecule has 0 saturated carbocycles. The highest BCUT2D eigenvalue weighted by molar-refractivity contribution is 5.97. The Labute approximate surface area is 180 Å². The predicted molar refractivity (Wildman–Crippen MR) is 118 cm³/mol. The van der Waals surface area contributed by atoms with Crippen molar-refractivity contribution in [1.82, 2.24) is 15.2 Å². The van der Waals surface area contributed by atoms with Gasteiger partial charge in [0.2, 0.25) is 0 Å². The van der Waals surface area contributed by atoms with Crippen molar-refractivity contribution in [3.8, 4) is 0 Å². The van der Waals surface area contributed by atoms with E-state index in [9.17, 15) is 13.6 Å². The molecule has 5 nitrogen and oxygen atoms in total. The number of nitrogens with zero attached hydrogens (tertiary/aromatic N) is 3. The van der Waals surface area contributed by atoms with Crippen LogP contribution in [0.5, 0.6) is 0 Å². The zero-order valence-corrected chi connectivity index (χ0v) is 17.4. The summed E-state index contributed by atoms with van der Waals surface area (Å²) in [5.41, 5.74) is 1.85. The third-order valence-corrected chi connectivity index (χ3v) is 5.70. The normalized spacial score (nSPS) is 14.7. The summed E-state index contributed by atoms with van der Waals surface area (Å²) >= 11 is 0. The first-order chi connectivity index (χ1) is 15.1. The Morgan fingerprint density at radius 1 is 1.00 bits per heavy atom. The van der Waals surface area contributed by atoms with Gasteiger partial charge in [0, 0.05) is 49.9 Å². The number of carbonyl (C=O) groups excluding carboxylic acids is 1. The van der Waals surface area contributed by atoms with Crippen molar-refractivity contribution >= 4 is 22.5 Å². The van der Waals surface area contributed by atoms with Crippen LogP contribution in [0.2, 0.25) is 0 Å². The maximum absolute atomic E-state index is 14.0. The van der Waals surface area contributed by atoms with Crippen molar-refractivity contribution in [3.05, 3.63) is 71.9 Å². The zero-order valence-electron chi connectivity index (χ0n) is 17.4. The molecular formula is C24H26F2N4O. The van der Waals surface area contributed by atoms with Gasteiger partial charge in [-0.3, -0.25) is 14.7 Å². The fourth-order valence-corrected chi connectivity index (χ4v) is 3.93. The number of unbranched alkanes of at least 4 members (excludes halogenated alkanes) is 1. The van der Waals surface area contributed by atoms with Crippen LogP contribution >= 0.6 is 0 Å². The van der Waals surface area contributed by atoms with Gasteiger partial charge in [0.1, 0.15) is 0 Å². The van der Waals surface area contributed by atoms with Gasteiger partial charge in [-0.05, 0) is 55.8 Å². The number of aromatic nitrogens is 1. The minimum absolute atomic E-state index is 0.0727. The first-order valence-corrected chi connectivity index (χ1v) is 10.7. The molecule has 0 spiro atoms. The van der Waals surface area contributed by atoms with Crippen LogP contribution in [-0.4, -0.2) is 55.1 Å². The van der Waals surface area contributed by atoms with Crippen LogP contribution in [0.4, 0.5) is 14.5 Å². The quantitative estimate of drug-likeness (QED) is 0.586. The lowest BCUT2D eigenvalue weighted by atomic mass is 10.1. The van der Waals surface area contributed by atoms with E-state index in [0.29, 0.717) is 30.9 Å². The lowest BCUT2D eigenvalue weighted by Gasteiger charge is -2.36. The molecule has 0 radical (unpaired) electrons. The summed E-state index contributed by atoms with van der Waals surface area (Å²) in [4.78, 5) is 20.9. The number of rotatable bonds is 7. The van der Waals surface area contributed by atoms with Crippen molar-refractivity contribution in [2.24, 2.45) is 0 Å². The highest BCUT2D eigenvalue weighted by atomic mass is 19.2. The molecule has 0 atom stereocenters. The Bertz CT molecular complexity index is 1050. The van der Waals surface area contributed by atoms with Gasteiger partial charge in [0.25, 0.3) is 5.91 Å². The number of amides is 1. The van der Waals surface area contributed by atoms with Crippen molar-refractivity contribution in [2.75, 3.05) is 44.2 Å². The number of hydrogen-bond acceptors (Lipinski definition) is 4. The number of hydrogen-bond donors (Lipinski definition) is 1. The summed E-state index contributed by atoms with van der Waals surface area (Å²) in [5.74, 6) is -1.65. The minimum atomic E-state index is -0.803. The molecule has 1 fully saturated rings. The number of halogens is 2. The van der Waals surface area contributed by atoms with Crippen LogP contribution in [0.25, 0.3) is 10.9 Å². The molecule has 4 rings (SSSR count). The fourth-order valence-electron chi connectivity index (χ4n) is 3.93. The third-order valence-electron chi connectivity index (χ3n) is 5.70. The lowest BCUT2D eigenvalue weighted by Crippen LogP contribution is -2.47. The molecule has 1 N–H and O–H groups in total. The Hall–Kier alpha value is -3.06. The van der Waals surface area contributed by atoms with Gasteiger partial charge >= 0.3 is 0 Å². The number of fused-ring (bicyclic) bond motifs is 1. The standard InChI is InChI=1S/C24H26F2N4O/c25-20-6-3-7-22(23(20)26)30-15-13-29(14-16-30)12-2-1-10-28-24(31)19-8-9-21-18(17-19)5-4-11-27-21/h3-9,11,17H,1-2,10,12-16H2,(H,28,31). The number of benzene rings is 2. The molecule has 1 amide bonds. The molecule has 162 valence electrons. The SMILES string of the molecule is O=C(NCCCCN1CCN(c2cccc(F)c2F)CC1)c1ccc2ncccc2c1. The molecule has 2 aromatic carbocycles. The van der Waals surface area contributed by atoms with Crippen LogP contribution in [0, 0.1) is 11.6 Å². The number of pyridine rings is 1. The second-order valence-corrected chi connectivity index (χ2v) is 7.78. The summed E-state index contributed by atoms with van der Waals surface area (Å²) in [6.45, 7) is 4.53. The maximum atomic E-state index is 14.0. The summed E-state index contributed by atoms with van der Waals surface area (Å²) in [5, 5.41) is 3.93. The van der Waals surface area contributed by atoms with Gasteiger partial charge in [0.15, 0.2) is 11.6 Å². The van der Waals surface area contributed by atoms with Gasteiger partial charge in [-0.1, -0.05) is 12.1 Å². The number of piperazine rings is 1. The third kappa shape index (κ3) is 5.17. The first-order valence-electron chi connectivity index (χ1n) is 10.7. The summed E-state index contributed by atoms with van der Waals surface area (Å²) in [6, 6.07) is 13.6. The monoisotopic (exact) mass is 424 g/mol. The highest BCUT2D eigenvalue weighted by Crippen LogP contribution is 2.22. The number of carbonyl (C=O) groups is 1. The predicted octanol–water partition coefficient (Wildman–Crippen LogP) is 3.85. The van der Waals surface area contributed by atoms with Crippen LogP contribution in [0.3, 0.4) is 0 Å². The second-order valence-electron chi connectivity index (χ2n) is 7.78. The van der Waals surface area contributed by atoms with Gasteiger partial charge in [-0.15, -0.1) is 0 Å². The largest absolute Gasteiger partial charge is 0.367 e. The molecule has 1 aromatic heterocycles. The highest BCUT2D eigenvalue weighted by Gasteiger charge is 2.20. The molecule has 0 bridgehead atoms. The lowest BCUT2D eigenvalue weighted by molar-refractivity contribution is 0.0952. The van der Waals surface area contributed by atoms with E-state index >= 15 is 0 Å². The maximum Gasteiger partial charge on any atom is 0.251 e. The minimum Gasteiger partial charge on any atom is -0.367 e. The van der Waals surface area contributed by atoms with E-state index in [1.54, 1.807) is 24.4 Å². The molecule has 1 aliphatic rings. The van der Waals surface area contributed by atoms with Crippen LogP contribution in [0.15, 0.2) is 54.7 Å². The molecule has 2 heterocycles.